The molecule has 6 nitrogen and oxygen atoms in total. The quantitative estimate of drug-likeness (QED) is 0.745. The second kappa shape index (κ2) is 6.46. The zero-order chi connectivity index (χ0) is 18.4. The van der Waals surface area contributed by atoms with Gasteiger partial charge in [-0.2, -0.15) is 0 Å². The van der Waals surface area contributed by atoms with Crippen LogP contribution in [0.3, 0.4) is 0 Å². The van der Waals surface area contributed by atoms with Crippen LogP contribution in [-0.2, 0) is 6.42 Å². The van der Waals surface area contributed by atoms with Crippen LogP contribution in [0.2, 0.25) is 0 Å². The fraction of sp³-hybridized carbons (Fsp3) is 0.381. The summed E-state index contributed by atoms with van der Waals surface area (Å²) in [7, 11) is 3.34. The van der Waals surface area contributed by atoms with Gasteiger partial charge in [0.1, 0.15) is 0 Å². The Labute approximate surface area is 158 Å². The van der Waals surface area contributed by atoms with Crippen LogP contribution in [0.5, 0.6) is 11.5 Å². The van der Waals surface area contributed by atoms with Gasteiger partial charge in [0, 0.05) is 61.5 Å². The van der Waals surface area contributed by atoms with Crippen LogP contribution in [0.25, 0.3) is 10.9 Å². The Bertz CT molecular complexity index is 991. The number of H-pyrrole nitrogens is 1. The number of hydrogen-bond acceptors (Lipinski definition) is 5. The van der Waals surface area contributed by atoms with Crippen LogP contribution < -0.4 is 19.7 Å². The second-order valence-corrected chi connectivity index (χ2v) is 7.22. The van der Waals surface area contributed by atoms with E-state index in [4.69, 9.17) is 9.47 Å². The van der Waals surface area contributed by atoms with Crippen molar-refractivity contribution in [2.75, 3.05) is 45.3 Å². The Morgan fingerprint density at radius 2 is 1.81 bits per heavy atom. The van der Waals surface area contributed by atoms with Crippen molar-refractivity contribution in [2.24, 2.45) is 0 Å². The van der Waals surface area contributed by atoms with E-state index in [0.29, 0.717) is 5.92 Å². The summed E-state index contributed by atoms with van der Waals surface area (Å²) in [5, 5.41) is 4.61. The smallest absolute Gasteiger partial charge is 0.162 e. The lowest BCUT2D eigenvalue weighted by Crippen LogP contribution is -2.44. The van der Waals surface area contributed by atoms with Gasteiger partial charge in [-0.25, -0.2) is 0 Å². The fourth-order valence-corrected chi connectivity index (χ4v) is 4.41. The van der Waals surface area contributed by atoms with Gasteiger partial charge in [0.15, 0.2) is 11.5 Å². The van der Waals surface area contributed by atoms with Crippen LogP contribution in [-0.4, -0.2) is 50.4 Å². The molecule has 1 unspecified atom stereocenters. The normalized spacial score (nSPS) is 18.9. The van der Waals surface area contributed by atoms with E-state index in [1.807, 2.05) is 18.5 Å². The Balaban J connectivity index is 1.52. The van der Waals surface area contributed by atoms with Gasteiger partial charge >= 0.3 is 0 Å². The van der Waals surface area contributed by atoms with E-state index in [1.165, 1.54) is 27.8 Å². The number of benzene rings is 1. The number of aromatic nitrogens is 2. The summed E-state index contributed by atoms with van der Waals surface area (Å²) in [5.41, 5.74) is 6.48. The van der Waals surface area contributed by atoms with E-state index in [9.17, 15) is 0 Å². The minimum Gasteiger partial charge on any atom is -0.493 e. The summed E-state index contributed by atoms with van der Waals surface area (Å²) in [5.74, 6) is 1.88. The molecular formula is C21H24N4O2. The minimum absolute atomic E-state index is 0.377. The highest BCUT2D eigenvalue weighted by Crippen LogP contribution is 2.47. The minimum atomic E-state index is 0.377. The summed E-state index contributed by atoms with van der Waals surface area (Å²) < 4.78 is 10.9. The summed E-state index contributed by atoms with van der Waals surface area (Å²) in [6.45, 7) is 4.17. The highest BCUT2D eigenvalue weighted by molar-refractivity contribution is 5.88. The number of methoxy groups -OCH3 is 2. The van der Waals surface area contributed by atoms with Gasteiger partial charge in [-0.3, -0.25) is 4.98 Å². The molecule has 0 bridgehead atoms. The highest BCUT2D eigenvalue weighted by atomic mass is 16.5. The van der Waals surface area contributed by atoms with Crippen LogP contribution in [0.1, 0.15) is 22.6 Å². The van der Waals surface area contributed by atoms with E-state index in [-0.39, 0.29) is 0 Å². The van der Waals surface area contributed by atoms with Crippen molar-refractivity contribution in [1.29, 1.82) is 0 Å². The van der Waals surface area contributed by atoms with E-state index >= 15 is 0 Å². The first kappa shape index (κ1) is 16.4. The Morgan fingerprint density at radius 1 is 1.04 bits per heavy atom. The Hall–Kier alpha value is -2.73. The van der Waals surface area contributed by atoms with Crippen LogP contribution in [0.4, 0.5) is 5.69 Å². The lowest BCUT2D eigenvalue weighted by Gasteiger charge is -2.37. The number of ether oxygens (including phenoxy) is 2. The molecule has 0 amide bonds. The summed E-state index contributed by atoms with van der Waals surface area (Å²) >= 11 is 0. The zero-order valence-electron chi connectivity index (χ0n) is 15.7. The van der Waals surface area contributed by atoms with Crippen molar-refractivity contribution in [3.8, 4) is 11.5 Å². The number of nitrogens with one attached hydrogen (secondary N) is 2. The number of pyridine rings is 1. The molecule has 1 atom stereocenters. The van der Waals surface area contributed by atoms with Crippen molar-refractivity contribution in [3.63, 3.8) is 0 Å². The number of aromatic amines is 1. The Kier molecular flexibility index (Phi) is 3.93. The molecule has 1 fully saturated rings. The number of nitrogens with zero attached hydrogens (tertiary/aromatic N) is 2. The molecule has 0 spiro atoms. The highest BCUT2D eigenvalue weighted by Gasteiger charge is 2.33. The number of anilines is 1. The van der Waals surface area contributed by atoms with Crippen LogP contribution in [0.15, 0.2) is 30.7 Å². The molecule has 2 N–H and O–H groups in total. The molecule has 0 saturated carbocycles. The van der Waals surface area contributed by atoms with Gasteiger partial charge in [0.25, 0.3) is 0 Å². The average Bonchev–Trinajstić information content (AvgIpc) is 3.10. The molecule has 3 aromatic rings. The maximum Gasteiger partial charge on any atom is 0.162 e. The van der Waals surface area contributed by atoms with E-state index in [2.05, 4.69) is 32.4 Å². The fourth-order valence-electron chi connectivity index (χ4n) is 4.41. The number of rotatable bonds is 4. The largest absolute Gasteiger partial charge is 0.493 e. The third-order valence-electron chi connectivity index (χ3n) is 5.90. The van der Waals surface area contributed by atoms with Crippen LogP contribution in [0, 0.1) is 0 Å². The van der Waals surface area contributed by atoms with Gasteiger partial charge in [0.2, 0.25) is 0 Å². The van der Waals surface area contributed by atoms with Crippen molar-refractivity contribution >= 4 is 16.6 Å². The molecule has 5 rings (SSSR count). The summed E-state index contributed by atoms with van der Waals surface area (Å²) in [4.78, 5) is 10.4. The SMILES string of the molecule is COc1cc2[nH]cc(C3Cc4c3cncc4N3CCNCC3)c2cc1OC. The van der Waals surface area contributed by atoms with Crippen molar-refractivity contribution in [2.45, 2.75) is 12.3 Å². The topological polar surface area (TPSA) is 62.4 Å². The van der Waals surface area contributed by atoms with Gasteiger partial charge in [-0.05, 0) is 29.2 Å². The molecule has 1 saturated heterocycles. The summed E-state index contributed by atoms with van der Waals surface area (Å²) in [6, 6.07) is 4.08. The van der Waals surface area contributed by atoms with Crippen LogP contribution >= 0.6 is 0 Å². The predicted molar refractivity (Wildman–Crippen MR) is 106 cm³/mol. The standard InChI is InChI=1S/C21H24N4O2/c1-26-20-8-14-17(11-24-18(14)9-21(20)27-2)13-7-15-16(13)10-23-12-19(15)25-5-3-22-4-6-25/h8-13,22,24H,3-7H2,1-2H3. The molecule has 1 aliphatic carbocycles. The molecule has 140 valence electrons. The van der Waals surface area contributed by atoms with Gasteiger partial charge in [-0.1, -0.05) is 0 Å². The lowest BCUT2D eigenvalue weighted by atomic mass is 9.73. The maximum absolute atomic E-state index is 5.50. The van der Waals surface area contributed by atoms with Gasteiger partial charge in [-0.15, -0.1) is 0 Å². The first-order valence-corrected chi connectivity index (χ1v) is 9.45. The third kappa shape index (κ3) is 2.55. The van der Waals surface area contributed by atoms with Crippen molar-refractivity contribution in [3.05, 3.63) is 47.4 Å². The molecule has 1 aromatic carbocycles. The monoisotopic (exact) mass is 364 g/mol. The molecule has 3 heterocycles. The number of hydrogen-bond donors (Lipinski definition) is 2. The Morgan fingerprint density at radius 3 is 2.59 bits per heavy atom. The molecule has 0 radical (unpaired) electrons. The molecule has 6 heteroatoms. The average molecular weight is 364 g/mol. The summed E-state index contributed by atoms with van der Waals surface area (Å²) in [6.07, 6.45) is 7.24. The third-order valence-corrected chi connectivity index (χ3v) is 5.90. The van der Waals surface area contributed by atoms with E-state index < -0.39 is 0 Å². The van der Waals surface area contributed by atoms with E-state index in [1.54, 1.807) is 14.2 Å². The zero-order valence-corrected chi connectivity index (χ0v) is 15.7. The first-order valence-electron chi connectivity index (χ1n) is 9.45. The molecular weight excluding hydrogens is 340 g/mol. The molecule has 2 aromatic heterocycles. The molecule has 2 aliphatic rings. The number of piperazine rings is 1. The first-order chi connectivity index (χ1) is 13.3. The van der Waals surface area contributed by atoms with Gasteiger partial charge < -0.3 is 24.7 Å². The second-order valence-electron chi connectivity index (χ2n) is 7.22. The number of fused-ring (bicyclic) bond motifs is 2. The van der Waals surface area contributed by atoms with Gasteiger partial charge in [0.05, 0.1) is 26.1 Å². The molecule has 1 aliphatic heterocycles. The predicted octanol–water partition coefficient (Wildman–Crippen LogP) is 2.68. The lowest BCUT2D eigenvalue weighted by molar-refractivity contribution is 0.356. The maximum atomic E-state index is 5.50. The van der Waals surface area contributed by atoms with Crippen molar-refractivity contribution < 1.29 is 9.47 Å². The molecule has 27 heavy (non-hydrogen) atoms. The van der Waals surface area contributed by atoms with Crippen molar-refractivity contribution in [1.82, 2.24) is 15.3 Å². The van der Waals surface area contributed by atoms with E-state index in [0.717, 1.165) is 49.6 Å².